The smallest absolute Gasteiger partial charge is 0.256 e. The van der Waals surface area contributed by atoms with Crippen LogP contribution in [0.3, 0.4) is 0 Å². The average Bonchev–Trinajstić information content (AvgIpc) is 3.10. The highest BCUT2D eigenvalue weighted by Crippen LogP contribution is 2.28. The lowest BCUT2D eigenvalue weighted by Gasteiger charge is -2.26. The molecule has 0 atom stereocenters. The molecule has 8 nitrogen and oxygen atoms in total. The van der Waals surface area contributed by atoms with E-state index in [0.29, 0.717) is 10.6 Å². The van der Waals surface area contributed by atoms with Crippen molar-refractivity contribution in [1.82, 2.24) is 9.62 Å². The lowest BCUT2D eigenvalue weighted by molar-refractivity contribution is -0.122. The third kappa shape index (κ3) is 4.06. The van der Waals surface area contributed by atoms with Crippen molar-refractivity contribution in [2.75, 3.05) is 25.0 Å². The minimum atomic E-state index is -3.89. The van der Waals surface area contributed by atoms with Gasteiger partial charge in [-0.1, -0.05) is 13.0 Å². The Bertz CT molecular complexity index is 1070. The summed E-state index contributed by atoms with van der Waals surface area (Å²) in [6.45, 7) is 2.12. The number of anilines is 1. The minimum absolute atomic E-state index is 0.0595. The normalized spacial score (nSPS) is 14.9. The van der Waals surface area contributed by atoms with Gasteiger partial charge in [-0.25, -0.2) is 8.42 Å². The Morgan fingerprint density at radius 2 is 2.18 bits per heavy atom. The SMILES string of the molecule is CCc1cc(C#N)c(NC(=O)c2cccc(S(=O)(=O)N3CCNC(=O)C3)c2)s1. The molecule has 1 saturated heterocycles. The molecule has 0 radical (unpaired) electrons. The van der Waals surface area contributed by atoms with Crippen molar-refractivity contribution in [3.05, 3.63) is 46.3 Å². The largest absolute Gasteiger partial charge is 0.354 e. The van der Waals surface area contributed by atoms with Gasteiger partial charge in [0.2, 0.25) is 15.9 Å². The fourth-order valence-electron chi connectivity index (χ4n) is 2.73. The third-order valence-corrected chi connectivity index (χ3v) is 7.25. The van der Waals surface area contributed by atoms with Crippen molar-refractivity contribution >= 4 is 38.2 Å². The molecule has 2 heterocycles. The quantitative estimate of drug-likeness (QED) is 0.764. The number of benzene rings is 1. The van der Waals surface area contributed by atoms with Crippen molar-refractivity contribution in [1.29, 1.82) is 5.26 Å². The van der Waals surface area contributed by atoms with Crippen LogP contribution in [0.4, 0.5) is 5.00 Å². The molecule has 0 saturated carbocycles. The number of hydrogen-bond acceptors (Lipinski definition) is 6. The summed E-state index contributed by atoms with van der Waals surface area (Å²) >= 11 is 1.31. The molecule has 28 heavy (non-hydrogen) atoms. The first-order valence-corrected chi connectivity index (χ1v) is 10.8. The molecule has 2 aromatic rings. The lowest BCUT2D eigenvalue weighted by atomic mass is 10.2. The zero-order valence-corrected chi connectivity index (χ0v) is 16.7. The highest BCUT2D eigenvalue weighted by Gasteiger charge is 2.29. The van der Waals surface area contributed by atoms with Crippen LogP contribution in [-0.2, 0) is 21.2 Å². The fourth-order valence-corrected chi connectivity index (χ4v) is 5.12. The molecule has 1 aromatic heterocycles. The number of hydrogen-bond donors (Lipinski definition) is 2. The third-order valence-electron chi connectivity index (χ3n) is 4.22. The van der Waals surface area contributed by atoms with Crippen LogP contribution in [0.1, 0.15) is 27.7 Å². The molecule has 1 aliphatic rings. The summed E-state index contributed by atoms with van der Waals surface area (Å²) in [5.41, 5.74) is 0.524. The van der Waals surface area contributed by atoms with Gasteiger partial charge in [0.15, 0.2) is 0 Å². The standard InChI is InChI=1S/C18H18N4O4S2/c1-2-14-8-13(10-19)18(27-14)21-17(24)12-4-3-5-15(9-12)28(25,26)22-7-6-20-16(23)11-22/h3-5,8-9H,2,6-7,11H2,1H3,(H,20,23)(H,21,24). The van der Waals surface area contributed by atoms with E-state index in [1.165, 1.54) is 35.6 Å². The monoisotopic (exact) mass is 418 g/mol. The van der Waals surface area contributed by atoms with E-state index in [-0.39, 0.29) is 36.0 Å². The molecule has 10 heteroatoms. The summed E-state index contributed by atoms with van der Waals surface area (Å²) < 4.78 is 26.7. The fraction of sp³-hybridized carbons (Fsp3) is 0.278. The van der Waals surface area contributed by atoms with E-state index >= 15 is 0 Å². The Kier molecular flexibility index (Phi) is 5.79. The van der Waals surface area contributed by atoms with E-state index in [0.717, 1.165) is 15.6 Å². The van der Waals surface area contributed by atoms with Crippen molar-refractivity contribution in [2.24, 2.45) is 0 Å². The van der Waals surface area contributed by atoms with E-state index in [1.54, 1.807) is 6.07 Å². The van der Waals surface area contributed by atoms with Crippen LogP contribution in [0, 0.1) is 11.3 Å². The van der Waals surface area contributed by atoms with Crippen molar-refractivity contribution < 1.29 is 18.0 Å². The van der Waals surface area contributed by atoms with Crippen molar-refractivity contribution in [3.63, 3.8) is 0 Å². The predicted molar refractivity (Wildman–Crippen MR) is 105 cm³/mol. The van der Waals surface area contributed by atoms with Crippen molar-refractivity contribution in [3.8, 4) is 6.07 Å². The predicted octanol–water partition coefficient (Wildman–Crippen LogP) is 1.55. The molecular formula is C18H18N4O4S2. The molecule has 0 bridgehead atoms. The molecule has 146 valence electrons. The summed E-state index contributed by atoms with van der Waals surface area (Å²) in [4.78, 5) is 25.0. The van der Waals surface area contributed by atoms with Gasteiger partial charge in [0, 0.05) is 23.5 Å². The summed E-state index contributed by atoms with van der Waals surface area (Å²) in [5.74, 6) is -0.869. The molecule has 1 aliphatic heterocycles. The maximum atomic E-state index is 12.8. The van der Waals surface area contributed by atoms with Gasteiger partial charge in [0.05, 0.1) is 17.0 Å². The van der Waals surface area contributed by atoms with E-state index in [9.17, 15) is 23.3 Å². The number of nitrogens with one attached hydrogen (secondary N) is 2. The number of nitriles is 1. The van der Waals surface area contributed by atoms with Gasteiger partial charge in [-0.15, -0.1) is 11.3 Å². The van der Waals surface area contributed by atoms with Gasteiger partial charge in [0.1, 0.15) is 11.1 Å². The van der Waals surface area contributed by atoms with Crippen LogP contribution in [0.15, 0.2) is 35.2 Å². The molecule has 2 amide bonds. The minimum Gasteiger partial charge on any atom is -0.354 e. The Hall–Kier alpha value is -2.74. The Morgan fingerprint density at radius 3 is 2.86 bits per heavy atom. The number of carbonyl (C=O) groups excluding carboxylic acids is 2. The Morgan fingerprint density at radius 1 is 1.39 bits per heavy atom. The molecule has 1 fully saturated rings. The van der Waals surface area contributed by atoms with Crippen LogP contribution in [0.5, 0.6) is 0 Å². The molecule has 0 unspecified atom stereocenters. The number of sulfonamides is 1. The van der Waals surface area contributed by atoms with E-state index in [2.05, 4.69) is 10.6 Å². The first-order valence-electron chi connectivity index (χ1n) is 8.56. The molecule has 0 spiro atoms. The second-order valence-electron chi connectivity index (χ2n) is 6.09. The number of rotatable bonds is 5. The number of carbonyl (C=O) groups is 2. The highest BCUT2D eigenvalue weighted by molar-refractivity contribution is 7.89. The van der Waals surface area contributed by atoms with Gasteiger partial charge in [-0.2, -0.15) is 9.57 Å². The second kappa shape index (κ2) is 8.10. The molecular weight excluding hydrogens is 400 g/mol. The summed E-state index contributed by atoms with van der Waals surface area (Å²) in [5, 5.41) is 14.9. The Labute approximate surface area is 166 Å². The molecule has 0 aliphatic carbocycles. The van der Waals surface area contributed by atoms with Crippen LogP contribution < -0.4 is 10.6 Å². The van der Waals surface area contributed by atoms with Gasteiger partial charge in [0.25, 0.3) is 5.91 Å². The van der Waals surface area contributed by atoms with Gasteiger partial charge >= 0.3 is 0 Å². The second-order valence-corrected chi connectivity index (χ2v) is 9.17. The Balaban J connectivity index is 1.85. The number of thiophene rings is 1. The molecule has 3 rings (SSSR count). The van der Waals surface area contributed by atoms with Crippen LogP contribution in [-0.4, -0.2) is 44.2 Å². The number of aryl methyl sites for hydroxylation is 1. The summed E-state index contributed by atoms with van der Waals surface area (Å²) in [7, 11) is -3.89. The number of piperazine rings is 1. The van der Waals surface area contributed by atoms with E-state index in [4.69, 9.17) is 0 Å². The first kappa shape index (κ1) is 20.0. The van der Waals surface area contributed by atoms with Gasteiger partial charge in [-0.3, -0.25) is 9.59 Å². The maximum Gasteiger partial charge on any atom is 0.256 e. The maximum absolute atomic E-state index is 12.8. The van der Waals surface area contributed by atoms with Crippen LogP contribution >= 0.6 is 11.3 Å². The number of amides is 2. The average molecular weight is 419 g/mol. The summed E-state index contributed by atoms with van der Waals surface area (Å²) in [6, 6.07) is 9.41. The summed E-state index contributed by atoms with van der Waals surface area (Å²) in [6.07, 6.45) is 0.742. The van der Waals surface area contributed by atoms with Crippen LogP contribution in [0.2, 0.25) is 0 Å². The van der Waals surface area contributed by atoms with Crippen molar-refractivity contribution in [2.45, 2.75) is 18.2 Å². The zero-order valence-electron chi connectivity index (χ0n) is 15.1. The van der Waals surface area contributed by atoms with Gasteiger partial charge < -0.3 is 10.6 Å². The highest BCUT2D eigenvalue weighted by atomic mass is 32.2. The van der Waals surface area contributed by atoms with Crippen LogP contribution in [0.25, 0.3) is 0 Å². The molecule has 2 N–H and O–H groups in total. The lowest BCUT2D eigenvalue weighted by Crippen LogP contribution is -2.49. The molecule has 1 aromatic carbocycles. The number of nitrogens with zero attached hydrogens (tertiary/aromatic N) is 2. The van der Waals surface area contributed by atoms with E-state index in [1.807, 2.05) is 13.0 Å². The van der Waals surface area contributed by atoms with E-state index < -0.39 is 15.9 Å². The topological polar surface area (TPSA) is 119 Å². The first-order chi connectivity index (χ1) is 13.3. The van der Waals surface area contributed by atoms with Gasteiger partial charge in [-0.05, 0) is 30.7 Å². The zero-order chi connectivity index (χ0) is 20.3.